The van der Waals surface area contributed by atoms with E-state index < -0.39 is 0 Å². The van der Waals surface area contributed by atoms with E-state index in [0.29, 0.717) is 0 Å². The predicted octanol–water partition coefficient (Wildman–Crippen LogP) is 3.68. The van der Waals surface area contributed by atoms with Gasteiger partial charge in [-0.05, 0) is 36.1 Å². The monoisotopic (exact) mass is 225 g/mol. The quantitative estimate of drug-likeness (QED) is 0.789. The van der Waals surface area contributed by atoms with Gasteiger partial charge in [-0.3, -0.25) is 0 Å². The van der Waals surface area contributed by atoms with Gasteiger partial charge in [-0.15, -0.1) is 6.58 Å². The van der Waals surface area contributed by atoms with Crippen molar-refractivity contribution in [2.45, 2.75) is 25.8 Å². The lowest BCUT2D eigenvalue weighted by atomic mass is 9.96. The van der Waals surface area contributed by atoms with Gasteiger partial charge in [0, 0.05) is 6.04 Å². The maximum Gasteiger partial charge on any atom is 0.0117 e. The molecule has 2 aromatic carbocycles. The van der Waals surface area contributed by atoms with Gasteiger partial charge in [0.2, 0.25) is 0 Å². The number of benzene rings is 2. The summed E-state index contributed by atoms with van der Waals surface area (Å²) < 4.78 is 0. The van der Waals surface area contributed by atoms with Crippen molar-refractivity contribution >= 4 is 10.8 Å². The summed E-state index contributed by atoms with van der Waals surface area (Å²) in [5.74, 6) is 0. The second-order valence-corrected chi connectivity index (χ2v) is 4.76. The van der Waals surface area contributed by atoms with Gasteiger partial charge >= 0.3 is 0 Å². The highest BCUT2D eigenvalue weighted by Crippen LogP contribution is 2.20. The summed E-state index contributed by atoms with van der Waals surface area (Å²) >= 11 is 0. The molecule has 0 radical (unpaired) electrons. The molecule has 0 aliphatic heterocycles. The van der Waals surface area contributed by atoms with E-state index in [-0.39, 0.29) is 6.04 Å². The molecule has 1 unspecified atom stereocenters. The number of fused-ring (bicyclic) bond motifs is 1. The highest BCUT2D eigenvalue weighted by molar-refractivity contribution is 5.85. The zero-order valence-electron chi connectivity index (χ0n) is 10.3. The van der Waals surface area contributed by atoms with Crippen LogP contribution in [0.25, 0.3) is 10.8 Å². The van der Waals surface area contributed by atoms with Crippen molar-refractivity contribution in [2.75, 3.05) is 0 Å². The Labute approximate surface area is 103 Å². The van der Waals surface area contributed by atoms with E-state index in [2.05, 4.69) is 49.0 Å². The molecule has 1 atom stereocenters. The van der Waals surface area contributed by atoms with E-state index in [9.17, 15) is 0 Å². The van der Waals surface area contributed by atoms with Gasteiger partial charge < -0.3 is 5.73 Å². The van der Waals surface area contributed by atoms with Crippen LogP contribution in [0.3, 0.4) is 0 Å². The summed E-state index contributed by atoms with van der Waals surface area (Å²) in [4.78, 5) is 0. The lowest BCUT2D eigenvalue weighted by Gasteiger charge is -2.13. The van der Waals surface area contributed by atoms with Crippen LogP contribution >= 0.6 is 0 Å². The highest BCUT2D eigenvalue weighted by Gasteiger charge is 2.06. The largest absolute Gasteiger partial charge is 0.327 e. The molecule has 17 heavy (non-hydrogen) atoms. The summed E-state index contributed by atoms with van der Waals surface area (Å²) in [5.41, 5.74) is 8.62. The van der Waals surface area contributed by atoms with Crippen molar-refractivity contribution in [3.8, 4) is 0 Å². The molecule has 0 fully saturated rings. The van der Waals surface area contributed by atoms with Gasteiger partial charge in [-0.2, -0.15) is 0 Å². The molecule has 1 nitrogen and oxygen atoms in total. The number of nitrogens with two attached hydrogens (primary N) is 1. The van der Waals surface area contributed by atoms with Crippen molar-refractivity contribution in [1.82, 2.24) is 0 Å². The Morgan fingerprint density at radius 2 is 1.88 bits per heavy atom. The van der Waals surface area contributed by atoms with Crippen molar-refractivity contribution < 1.29 is 0 Å². The summed E-state index contributed by atoms with van der Waals surface area (Å²) in [5, 5.41) is 2.60. The number of hydrogen-bond acceptors (Lipinski definition) is 1. The van der Waals surface area contributed by atoms with Gasteiger partial charge in [-0.25, -0.2) is 0 Å². The summed E-state index contributed by atoms with van der Waals surface area (Å²) in [6.45, 7) is 5.95. The van der Waals surface area contributed by atoms with E-state index in [1.807, 2.05) is 6.92 Å². The van der Waals surface area contributed by atoms with Gasteiger partial charge in [-0.1, -0.05) is 48.0 Å². The molecule has 0 heterocycles. The normalized spacial score (nSPS) is 12.6. The van der Waals surface area contributed by atoms with Gasteiger partial charge in [0.15, 0.2) is 0 Å². The first kappa shape index (κ1) is 11.9. The molecule has 0 bridgehead atoms. The first-order valence-electron chi connectivity index (χ1n) is 6.03. The maximum absolute atomic E-state index is 6.14. The van der Waals surface area contributed by atoms with Crippen molar-refractivity contribution in [2.24, 2.45) is 5.73 Å². The van der Waals surface area contributed by atoms with Crippen LogP contribution in [0, 0.1) is 0 Å². The van der Waals surface area contributed by atoms with Crippen LogP contribution in [-0.2, 0) is 6.42 Å². The van der Waals surface area contributed by atoms with Crippen LogP contribution in [-0.4, -0.2) is 6.04 Å². The minimum absolute atomic E-state index is 0.165. The molecule has 0 aromatic heterocycles. The SMILES string of the molecule is C=C(C)CC(N)Cc1cccc2ccccc12. The standard InChI is InChI=1S/C16H19N/c1-12(2)10-15(17)11-14-8-5-7-13-6-3-4-9-16(13)14/h3-9,15H,1,10-11,17H2,2H3. The van der Waals surface area contributed by atoms with Crippen molar-refractivity contribution in [3.05, 3.63) is 60.2 Å². The molecular formula is C16H19N. The van der Waals surface area contributed by atoms with Crippen LogP contribution in [0.5, 0.6) is 0 Å². The summed E-state index contributed by atoms with van der Waals surface area (Å²) in [7, 11) is 0. The molecule has 0 aliphatic carbocycles. The smallest absolute Gasteiger partial charge is 0.0117 e. The number of rotatable bonds is 4. The van der Waals surface area contributed by atoms with E-state index >= 15 is 0 Å². The van der Waals surface area contributed by atoms with E-state index in [1.165, 1.54) is 16.3 Å². The fourth-order valence-electron chi connectivity index (χ4n) is 2.27. The second-order valence-electron chi connectivity index (χ2n) is 4.76. The molecule has 0 amide bonds. The van der Waals surface area contributed by atoms with Crippen LogP contribution in [0.2, 0.25) is 0 Å². The first-order valence-corrected chi connectivity index (χ1v) is 6.03. The average molecular weight is 225 g/mol. The van der Waals surface area contributed by atoms with E-state index in [1.54, 1.807) is 0 Å². The average Bonchev–Trinajstić information content (AvgIpc) is 2.28. The van der Waals surface area contributed by atoms with Gasteiger partial charge in [0.05, 0.1) is 0 Å². The first-order chi connectivity index (χ1) is 8.16. The fourth-order valence-corrected chi connectivity index (χ4v) is 2.27. The Morgan fingerprint density at radius 1 is 1.18 bits per heavy atom. The van der Waals surface area contributed by atoms with Crippen LogP contribution in [0.15, 0.2) is 54.6 Å². The second kappa shape index (κ2) is 5.15. The Hall–Kier alpha value is -1.60. The molecular weight excluding hydrogens is 206 g/mol. The van der Waals surface area contributed by atoms with Crippen molar-refractivity contribution in [1.29, 1.82) is 0 Å². The molecule has 0 saturated carbocycles. The molecule has 0 saturated heterocycles. The van der Waals surface area contributed by atoms with Crippen LogP contribution < -0.4 is 5.73 Å². The third-order valence-corrected chi connectivity index (χ3v) is 2.97. The molecule has 0 spiro atoms. The lowest BCUT2D eigenvalue weighted by Crippen LogP contribution is -2.22. The third kappa shape index (κ3) is 2.95. The maximum atomic E-state index is 6.14. The van der Waals surface area contributed by atoms with Crippen LogP contribution in [0.4, 0.5) is 0 Å². The molecule has 2 aromatic rings. The molecule has 88 valence electrons. The van der Waals surface area contributed by atoms with Gasteiger partial charge in [0.25, 0.3) is 0 Å². The lowest BCUT2D eigenvalue weighted by molar-refractivity contribution is 0.664. The fraction of sp³-hybridized carbons (Fsp3) is 0.250. The Kier molecular flexibility index (Phi) is 3.60. The number of hydrogen-bond donors (Lipinski definition) is 1. The Morgan fingerprint density at radius 3 is 2.65 bits per heavy atom. The van der Waals surface area contributed by atoms with E-state index in [4.69, 9.17) is 5.73 Å². The summed E-state index contributed by atoms with van der Waals surface area (Å²) in [6.07, 6.45) is 1.80. The van der Waals surface area contributed by atoms with Gasteiger partial charge in [0.1, 0.15) is 0 Å². The molecule has 1 heteroatoms. The highest BCUT2D eigenvalue weighted by atomic mass is 14.6. The predicted molar refractivity (Wildman–Crippen MR) is 75.1 cm³/mol. The zero-order valence-corrected chi connectivity index (χ0v) is 10.3. The molecule has 0 aliphatic rings. The van der Waals surface area contributed by atoms with Crippen LogP contribution in [0.1, 0.15) is 18.9 Å². The summed E-state index contributed by atoms with van der Waals surface area (Å²) in [6, 6.07) is 15.0. The minimum atomic E-state index is 0.165. The van der Waals surface area contributed by atoms with Crippen molar-refractivity contribution in [3.63, 3.8) is 0 Å². The zero-order chi connectivity index (χ0) is 12.3. The molecule has 2 N–H and O–H groups in total. The topological polar surface area (TPSA) is 26.0 Å². The third-order valence-electron chi connectivity index (χ3n) is 2.97. The van der Waals surface area contributed by atoms with E-state index in [0.717, 1.165) is 18.4 Å². The Balaban J connectivity index is 2.26. The molecule has 2 rings (SSSR count). The minimum Gasteiger partial charge on any atom is -0.327 e. The Bertz CT molecular complexity index is 523.